The molecule has 1 atom stereocenters. The SMILES string of the molecule is C[C@@H](NC(=O)c1nc(-c2cc(CCNCc3cccn3C)ccn2)[nH]c(=O)c1O)C1CCCCC1. The van der Waals surface area contributed by atoms with E-state index in [1.807, 2.05) is 38.4 Å². The lowest BCUT2D eigenvalue weighted by Gasteiger charge is -2.28. The summed E-state index contributed by atoms with van der Waals surface area (Å²) in [4.78, 5) is 36.5. The van der Waals surface area contributed by atoms with Crippen LogP contribution in [0.1, 0.15) is 60.8 Å². The van der Waals surface area contributed by atoms with E-state index >= 15 is 0 Å². The predicted octanol–water partition coefficient (Wildman–Crippen LogP) is 2.91. The van der Waals surface area contributed by atoms with Crippen LogP contribution >= 0.6 is 0 Å². The highest BCUT2D eigenvalue weighted by molar-refractivity contribution is 5.95. The molecule has 1 fully saturated rings. The molecule has 0 aliphatic heterocycles. The van der Waals surface area contributed by atoms with E-state index in [-0.39, 0.29) is 17.6 Å². The van der Waals surface area contributed by atoms with Crippen LogP contribution in [-0.4, -0.2) is 43.1 Å². The highest BCUT2D eigenvalue weighted by Crippen LogP contribution is 2.26. The van der Waals surface area contributed by atoms with Gasteiger partial charge in [-0.3, -0.25) is 14.6 Å². The molecular weight excluding hydrogens is 444 g/mol. The van der Waals surface area contributed by atoms with Gasteiger partial charge in [-0.15, -0.1) is 0 Å². The number of nitrogens with one attached hydrogen (secondary N) is 3. The molecule has 4 rings (SSSR count). The number of H-pyrrole nitrogens is 1. The maximum Gasteiger partial charge on any atom is 0.294 e. The first-order valence-electron chi connectivity index (χ1n) is 12.3. The number of aromatic nitrogens is 4. The summed E-state index contributed by atoms with van der Waals surface area (Å²) >= 11 is 0. The highest BCUT2D eigenvalue weighted by atomic mass is 16.3. The molecule has 0 saturated heterocycles. The van der Waals surface area contributed by atoms with Crippen LogP contribution in [0.25, 0.3) is 11.5 Å². The van der Waals surface area contributed by atoms with Gasteiger partial charge in [-0.05, 0) is 68.5 Å². The van der Waals surface area contributed by atoms with Crippen molar-refractivity contribution < 1.29 is 9.90 Å². The van der Waals surface area contributed by atoms with Gasteiger partial charge in [0.05, 0.1) is 0 Å². The van der Waals surface area contributed by atoms with Crippen molar-refractivity contribution in [2.24, 2.45) is 13.0 Å². The molecule has 0 radical (unpaired) electrons. The third-order valence-corrected chi connectivity index (χ3v) is 6.84. The van der Waals surface area contributed by atoms with Crippen molar-refractivity contribution in [1.29, 1.82) is 0 Å². The molecule has 1 aliphatic carbocycles. The Hall–Kier alpha value is -3.46. The van der Waals surface area contributed by atoms with E-state index in [0.717, 1.165) is 50.8 Å². The number of hydrogen-bond donors (Lipinski definition) is 4. The average Bonchev–Trinajstić information content (AvgIpc) is 3.28. The summed E-state index contributed by atoms with van der Waals surface area (Å²) < 4.78 is 2.08. The van der Waals surface area contributed by atoms with Crippen molar-refractivity contribution in [3.8, 4) is 17.3 Å². The van der Waals surface area contributed by atoms with Gasteiger partial charge in [0, 0.05) is 37.7 Å². The fourth-order valence-corrected chi connectivity index (χ4v) is 4.66. The number of nitrogens with zero attached hydrogens (tertiary/aromatic N) is 3. The number of aryl methyl sites for hydroxylation is 1. The topological polar surface area (TPSA) is 125 Å². The Labute approximate surface area is 205 Å². The maximum atomic E-state index is 12.9. The van der Waals surface area contributed by atoms with Gasteiger partial charge in [-0.1, -0.05) is 19.3 Å². The third-order valence-electron chi connectivity index (χ3n) is 6.84. The number of aromatic amines is 1. The van der Waals surface area contributed by atoms with Gasteiger partial charge < -0.3 is 25.3 Å². The first-order chi connectivity index (χ1) is 16.9. The van der Waals surface area contributed by atoms with Crippen molar-refractivity contribution in [3.63, 3.8) is 0 Å². The van der Waals surface area contributed by atoms with E-state index in [9.17, 15) is 14.7 Å². The molecule has 4 N–H and O–H groups in total. The summed E-state index contributed by atoms with van der Waals surface area (Å²) in [5.41, 5.74) is 1.62. The minimum Gasteiger partial charge on any atom is -0.501 e. The second-order valence-electron chi connectivity index (χ2n) is 9.36. The normalized spacial score (nSPS) is 15.1. The molecule has 35 heavy (non-hydrogen) atoms. The van der Waals surface area contributed by atoms with Gasteiger partial charge in [0.1, 0.15) is 5.69 Å². The van der Waals surface area contributed by atoms with Gasteiger partial charge in [-0.2, -0.15) is 0 Å². The molecule has 0 spiro atoms. The molecule has 1 saturated carbocycles. The molecule has 186 valence electrons. The largest absolute Gasteiger partial charge is 0.501 e. The van der Waals surface area contributed by atoms with Gasteiger partial charge in [0.2, 0.25) is 5.75 Å². The molecular formula is C26H34N6O3. The van der Waals surface area contributed by atoms with Crippen LogP contribution in [0.3, 0.4) is 0 Å². The Morgan fingerprint density at radius 3 is 2.83 bits per heavy atom. The van der Waals surface area contributed by atoms with Gasteiger partial charge in [0.15, 0.2) is 11.5 Å². The molecule has 0 unspecified atom stereocenters. The summed E-state index contributed by atoms with van der Waals surface area (Å²) in [5, 5.41) is 16.6. The van der Waals surface area contributed by atoms with Crippen LogP contribution in [0.5, 0.6) is 5.75 Å². The Bertz CT molecular complexity index is 1210. The first-order valence-corrected chi connectivity index (χ1v) is 12.3. The summed E-state index contributed by atoms with van der Waals surface area (Å²) in [6.07, 6.45) is 10.1. The number of hydrogen-bond acceptors (Lipinski definition) is 6. The number of carbonyl (C=O) groups is 1. The van der Waals surface area contributed by atoms with E-state index in [4.69, 9.17) is 0 Å². The molecule has 1 amide bonds. The predicted molar refractivity (Wildman–Crippen MR) is 134 cm³/mol. The molecule has 0 aromatic carbocycles. The van der Waals surface area contributed by atoms with Crippen LogP contribution in [0.15, 0.2) is 41.5 Å². The summed E-state index contributed by atoms with van der Waals surface area (Å²) in [6.45, 7) is 3.50. The maximum absolute atomic E-state index is 12.9. The number of pyridine rings is 1. The monoisotopic (exact) mass is 478 g/mol. The molecule has 0 bridgehead atoms. The zero-order valence-electron chi connectivity index (χ0n) is 20.4. The zero-order chi connectivity index (χ0) is 24.8. The summed E-state index contributed by atoms with van der Waals surface area (Å²) in [7, 11) is 2.02. The second-order valence-corrected chi connectivity index (χ2v) is 9.36. The van der Waals surface area contributed by atoms with Crippen LogP contribution < -0.4 is 16.2 Å². The lowest BCUT2D eigenvalue weighted by atomic mass is 9.84. The second kappa shape index (κ2) is 11.3. The number of carbonyl (C=O) groups excluding carboxylic acids is 1. The average molecular weight is 479 g/mol. The Kier molecular flexibility index (Phi) is 7.97. The van der Waals surface area contributed by atoms with E-state index in [1.54, 1.807) is 6.20 Å². The molecule has 1 aliphatic rings. The molecule has 9 nitrogen and oxygen atoms in total. The summed E-state index contributed by atoms with van der Waals surface area (Å²) in [5.74, 6) is -0.677. The number of rotatable bonds is 9. The molecule has 3 aromatic heterocycles. The standard InChI is InChI=1S/C26H34N6O3/c1-17(19-7-4-3-5-8-19)29-25(34)22-23(33)26(35)31-24(30-22)21-15-18(11-13-28-21)10-12-27-16-20-9-6-14-32(20)2/h6,9,11,13-15,17,19,27,33H,3-5,7-8,10,12,16H2,1-2H3,(H,29,34)(H,30,31,35)/t17-/m1/s1. The quantitative estimate of drug-likeness (QED) is 0.351. The van der Waals surface area contributed by atoms with Crippen molar-refractivity contribution in [2.45, 2.75) is 58.0 Å². The Balaban J connectivity index is 1.44. The number of amides is 1. The van der Waals surface area contributed by atoms with Crippen molar-refractivity contribution in [2.75, 3.05) is 6.54 Å². The molecule has 3 heterocycles. The number of aromatic hydroxyl groups is 1. The minimum absolute atomic E-state index is 0.0590. The van der Waals surface area contributed by atoms with Gasteiger partial charge in [-0.25, -0.2) is 4.98 Å². The van der Waals surface area contributed by atoms with Crippen molar-refractivity contribution in [1.82, 2.24) is 30.2 Å². The van der Waals surface area contributed by atoms with E-state index < -0.39 is 17.2 Å². The van der Waals surface area contributed by atoms with Gasteiger partial charge in [0.25, 0.3) is 11.5 Å². The highest BCUT2D eigenvalue weighted by Gasteiger charge is 2.25. The smallest absolute Gasteiger partial charge is 0.294 e. The van der Waals surface area contributed by atoms with Gasteiger partial charge >= 0.3 is 0 Å². The third kappa shape index (κ3) is 6.16. The Morgan fingerprint density at radius 1 is 1.29 bits per heavy atom. The van der Waals surface area contributed by atoms with Crippen LogP contribution in [0.2, 0.25) is 0 Å². The molecule has 9 heteroatoms. The van der Waals surface area contributed by atoms with Crippen LogP contribution in [-0.2, 0) is 20.0 Å². The van der Waals surface area contributed by atoms with E-state index in [0.29, 0.717) is 11.6 Å². The van der Waals surface area contributed by atoms with Crippen molar-refractivity contribution in [3.05, 3.63) is 64.0 Å². The zero-order valence-corrected chi connectivity index (χ0v) is 20.4. The van der Waals surface area contributed by atoms with Crippen LogP contribution in [0.4, 0.5) is 0 Å². The lowest BCUT2D eigenvalue weighted by molar-refractivity contribution is 0.0911. The first kappa shape index (κ1) is 24.7. The fourth-order valence-electron chi connectivity index (χ4n) is 4.66. The Morgan fingerprint density at radius 2 is 2.09 bits per heavy atom. The van der Waals surface area contributed by atoms with Crippen LogP contribution in [0, 0.1) is 5.92 Å². The van der Waals surface area contributed by atoms with E-state index in [2.05, 4.69) is 36.2 Å². The molecule has 3 aromatic rings. The minimum atomic E-state index is -0.762. The lowest BCUT2D eigenvalue weighted by Crippen LogP contribution is -2.39. The van der Waals surface area contributed by atoms with E-state index in [1.165, 1.54) is 12.1 Å². The van der Waals surface area contributed by atoms with Crippen molar-refractivity contribution >= 4 is 5.91 Å². The fraction of sp³-hybridized carbons (Fsp3) is 0.462. The summed E-state index contributed by atoms with van der Waals surface area (Å²) in [6, 6.07) is 7.78.